The first-order valence-electron chi connectivity index (χ1n) is 8.57. The van der Waals surface area contributed by atoms with Crippen molar-refractivity contribution in [1.82, 2.24) is 10.6 Å². The van der Waals surface area contributed by atoms with Gasteiger partial charge in [-0.2, -0.15) is 0 Å². The number of aryl methyl sites for hydroxylation is 1. The monoisotopic (exact) mass is 347 g/mol. The Morgan fingerprint density at radius 3 is 2.40 bits per heavy atom. The minimum atomic E-state index is -0.462. The standard InChI is InChI=1S/C18H22FN3O3/c1-11-2-5-14(9-15(11)19)22-10-13(8-16(22)23)18(25)21-7-6-20-17(24)12-3-4-12/h2,5,9,12-13H,3-4,6-8,10H2,1H3,(H,20,24)(H,21,25)/t13-/m1/s1. The van der Waals surface area contributed by atoms with Crippen LogP contribution in [0, 0.1) is 24.6 Å². The molecule has 3 amide bonds. The summed E-state index contributed by atoms with van der Waals surface area (Å²) in [5.74, 6) is -1.06. The van der Waals surface area contributed by atoms with Crippen LogP contribution < -0.4 is 15.5 Å². The molecule has 25 heavy (non-hydrogen) atoms. The third-order valence-electron chi connectivity index (χ3n) is 4.63. The number of nitrogens with zero attached hydrogens (tertiary/aromatic N) is 1. The summed E-state index contributed by atoms with van der Waals surface area (Å²) in [6, 6.07) is 4.62. The van der Waals surface area contributed by atoms with Crippen molar-refractivity contribution >= 4 is 23.4 Å². The Balaban J connectivity index is 1.48. The highest BCUT2D eigenvalue weighted by Crippen LogP contribution is 2.28. The zero-order chi connectivity index (χ0) is 18.0. The van der Waals surface area contributed by atoms with Crippen molar-refractivity contribution in [2.24, 2.45) is 11.8 Å². The number of hydrogen-bond acceptors (Lipinski definition) is 3. The summed E-state index contributed by atoms with van der Waals surface area (Å²) in [5.41, 5.74) is 0.984. The summed E-state index contributed by atoms with van der Waals surface area (Å²) in [4.78, 5) is 37.3. The predicted molar refractivity (Wildman–Crippen MR) is 90.3 cm³/mol. The molecule has 2 fully saturated rings. The van der Waals surface area contributed by atoms with E-state index in [0.29, 0.717) is 24.3 Å². The van der Waals surface area contributed by atoms with Crippen molar-refractivity contribution in [3.05, 3.63) is 29.6 Å². The molecule has 0 spiro atoms. The van der Waals surface area contributed by atoms with E-state index in [2.05, 4.69) is 10.6 Å². The van der Waals surface area contributed by atoms with Crippen LogP contribution in [0.5, 0.6) is 0 Å². The van der Waals surface area contributed by atoms with Gasteiger partial charge in [0.05, 0.1) is 5.92 Å². The minimum Gasteiger partial charge on any atom is -0.354 e. The molecule has 1 aromatic rings. The Hall–Kier alpha value is -2.44. The Morgan fingerprint density at radius 2 is 1.80 bits per heavy atom. The van der Waals surface area contributed by atoms with E-state index in [1.165, 1.54) is 11.0 Å². The summed E-state index contributed by atoms with van der Waals surface area (Å²) in [6.45, 7) is 2.61. The molecule has 6 nitrogen and oxygen atoms in total. The second kappa shape index (κ2) is 7.21. The molecule has 1 saturated carbocycles. The van der Waals surface area contributed by atoms with Gasteiger partial charge in [0.2, 0.25) is 17.7 Å². The van der Waals surface area contributed by atoms with Gasteiger partial charge in [-0.15, -0.1) is 0 Å². The molecule has 2 aliphatic rings. The average Bonchev–Trinajstić information content (AvgIpc) is 3.36. The highest BCUT2D eigenvalue weighted by Gasteiger charge is 2.35. The maximum Gasteiger partial charge on any atom is 0.227 e. The molecule has 1 heterocycles. The van der Waals surface area contributed by atoms with E-state index in [1.54, 1.807) is 19.1 Å². The van der Waals surface area contributed by atoms with Gasteiger partial charge in [0.25, 0.3) is 0 Å². The molecule has 0 bridgehead atoms. The van der Waals surface area contributed by atoms with E-state index >= 15 is 0 Å². The second-order valence-corrected chi connectivity index (χ2v) is 6.70. The quantitative estimate of drug-likeness (QED) is 0.757. The third-order valence-corrected chi connectivity index (χ3v) is 4.63. The lowest BCUT2D eigenvalue weighted by Gasteiger charge is -2.17. The SMILES string of the molecule is Cc1ccc(N2C[C@H](C(=O)NCCNC(=O)C3CC3)CC2=O)cc1F. The molecule has 1 aliphatic carbocycles. The number of anilines is 1. The van der Waals surface area contributed by atoms with Crippen LogP contribution in [0.15, 0.2) is 18.2 Å². The Bertz CT molecular complexity index is 703. The zero-order valence-corrected chi connectivity index (χ0v) is 14.2. The van der Waals surface area contributed by atoms with Gasteiger partial charge >= 0.3 is 0 Å². The molecule has 7 heteroatoms. The smallest absolute Gasteiger partial charge is 0.227 e. The molecule has 0 radical (unpaired) electrons. The van der Waals surface area contributed by atoms with Crippen LogP contribution >= 0.6 is 0 Å². The molecule has 0 unspecified atom stereocenters. The first-order valence-corrected chi connectivity index (χ1v) is 8.57. The number of carbonyl (C=O) groups is 3. The fourth-order valence-electron chi connectivity index (χ4n) is 2.89. The summed E-state index contributed by atoms with van der Waals surface area (Å²) in [7, 11) is 0. The summed E-state index contributed by atoms with van der Waals surface area (Å²) >= 11 is 0. The summed E-state index contributed by atoms with van der Waals surface area (Å²) in [5, 5.41) is 5.52. The molecule has 1 saturated heterocycles. The van der Waals surface area contributed by atoms with Crippen LogP contribution in [0.3, 0.4) is 0 Å². The number of halogens is 1. The third kappa shape index (κ3) is 4.15. The normalized spacial score (nSPS) is 19.8. The number of benzene rings is 1. The molecule has 134 valence electrons. The maximum absolute atomic E-state index is 13.7. The highest BCUT2D eigenvalue weighted by molar-refractivity contribution is 6.00. The van der Waals surface area contributed by atoms with Gasteiger partial charge in [-0.3, -0.25) is 14.4 Å². The molecule has 0 aromatic heterocycles. The fraction of sp³-hybridized carbons (Fsp3) is 0.500. The first-order chi connectivity index (χ1) is 12.0. The van der Waals surface area contributed by atoms with Crippen LogP contribution in [0.1, 0.15) is 24.8 Å². The van der Waals surface area contributed by atoms with Crippen molar-refractivity contribution in [3.8, 4) is 0 Å². The van der Waals surface area contributed by atoms with E-state index in [4.69, 9.17) is 0 Å². The lowest BCUT2D eigenvalue weighted by Crippen LogP contribution is -2.38. The molecule has 1 aromatic carbocycles. The van der Waals surface area contributed by atoms with Crippen molar-refractivity contribution in [2.45, 2.75) is 26.2 Å². The largest absolute Gasteiger partial charge is 0.354 e. The minimum absolute atomic E-state index is 0.0397. The van der Waals surface area contributed by atoms with Gasteiger partial charge in [0.1, 0.15) is 5.82 Å². The Labute approximate surface area is 145 Å². The summed E-state index contributed by atoms with van der Waals surface area (Å²) < 4.78 is 13.7. The van der Waals surface area contributed by atoms with E-state index < -0.39 is 5.92 Å². The van der Waals surface area contributed by atoms with Crippen molar-refractivity contribution in [1.29, 1.82) is 0 Å². The Morgan fingerprint density at radius 1 is 1.16 bits per heavy atom. The van der Waals surface area contributed by atoms with Gasteiger partial charge in [-0.05, 0) is 37.5 Å². The van der Waals surface area contributed by atoms with E-state index in [1.807, 2.05) is 0 Å². The molecular weight excluding hydrogens is 325 g/mol. The number of hydrogen-bond donors (Lipinski definition) is 2. The molecular formula is C18H22FN3O3. The van der Waals surface area contributed by atoms with Crippen LogP contribution in [-0.2, 0) is 14.4 Å². The second-order valence-electron chi connectivity index (χ2n) is 6.70. The summed E-state index contributed by atoms with van der Waals surface area (Å²) in [6.07, 6.45) is 1.99. The maximum atomic E-state index is 13.7. The van der Waals surface area contributed by atoms with E-state index in [9.17, 15) is 18.8 Å². The highest BCUT2D eigenvalue weighted by atomic mass is 19.1. The number of amides is 3. The van der Waals surface area contributed by atoms with Crippen LogP contribution in [0.2, 0.25) is 0 Å². The van der Waals surface area contributed by atoms with Crippen LogP contribution in [0.25, 0.3) is 0 Å². The molecule has 3 rings (SSSR count). The van der Waals surface area contributed by atoms with Gasteiger partial charge in [0.15, 0.2) is 0 Å². The van der Waals surface area contributed by atoms with Crippen LogP contribution in [0.4, 0.5) is 10.1 Å². The van der Waals surface area contributed by atoms with Crippen LogP contribution in [-0.4, -0.2) is 37.4 Å². The van der Waals surface area contributed by atoms with E-state index in [0.717, 1.165) is 12.8 Å². The van der Waals surface area contributed by atoms with Gasteiger partial charge in [-0.25, -0.2) is 4.39 Å². The number of carbonyl (C=O) groups excluding carboxylic acids is 3. The fourth-order valence-corrected chi connectivity index (χ4v) is 2.89. The lowest BCUT2D eigenvalue weighted by molar-refractivity contribution is -0.126. The van der Waals surface area contributed by atoms with Crippen molar-refractivity contribution in [2.75, 3.05) is 24.5 Å². The predicted octanol–water partition coefficient (Wildman–Crippen LogP) is 1.13. The number of nitrogens with one attached hydrogen (secondary N) is 2. The first kappa shape index (κ1) is 17.4. The number of rotatable bonds is 6. The average molecular weight is 347 g/mol. The van der Waals surface area contributed by atoms with E-state index in [-0.39, 0.29) is 42.4 Å². The van der Waals surface area contributed by atoms with Gasteiger partial charge in [-0.1, -0.05) is 6.07 Å². The Kier molecular flexibility index (Phi) is 5.01. The zero-order valence-electron chi connectivity index (χ0n) is 14.2. The van der Waals surface area contributed by atoms with Gasteiger partial charge < -0.3 is 15.5 Å². The molecule has 1 aliphatic heterocycles. The van der Waals surface area contributed by atoms with Crippen molar-refractivity contribution in [3.63, 3.8) is 0 Å². The lowest BCUT2D eigenvalue weighted by atomic mass is 10.1. The van der Waals surface area contributed by atoms with Crippen molar-refractivity contribution < 1.29 is 18.8 Å². The topological polar surface area (TPSA) is 78.5 Å². The molecule has 2 N–H and O–H groups in total. The van der Waals surface area contributed by atoms with Gasteiger partial charge in [0, 0.05) is 37.7 Å². The molecule has 1 atom stereocenters.